The number of aromatic amines is 2. The predicted molar refractivity (Wildman–Crippen MR) is 380 cm³/mol. The number of halogens is 6. The van der Waals surface area contributed by atoms with Gasteiger partial charge in [0.2, 0.25) is 11.1 Å². The molecule has 0 atom stereocenters. The Balaban J connectivity index is 0.000000215. The van der Waals surface area contributed by atoms with Crippen LogP contribution in [0.4, 0.5) is 53.9 Å². The third-order valence-corrected chi connectivity index (χ3v) is 17.7. The van der Waals surface area contributed by atoms with Crippen molar-refractivity contribution in [1.82, 2.24) is 45.1 Å². The van der Waals surface area contributed by atoms with E-state index in [0.29, 0.717) is 62.7 Å². The van der Waals surface area contributed by atoms with Crippen molar-refractivity contribution in [2.45, 2.75) is 90.3 Å². The molecule has 4 aromatic carbocycles. The van der Waals surface area contributed by atoms with Crippen molar-refractivity contribution in [3.63, 3.8) is 0 Å². The Morgan fingerprint density at radius 2 is 0.990 bits per heavy atom. The summed E-state index contributed by atoms with van der Waals surface area (Å²) in [5.74, 6) is -1.88. The number of pyridine rings is 2. The van der Waals surface area contributed by atoms with E-state index in [1.165, 1.54) is 18.4 Å². The minimum atomic E-state index is -4.86. The number of nitrogens with zero attached hydrogens (tertiary/aromatic N) is 7. The summed E-state index contributed by atoms with van der Waals surface area (Å²) in [6.07, 6.45) is -1.99. The van der Waals surface area contributed by atoms with Gasteiger partial charge in [0, 0.05) is 155 Å². The number of rotatable bonds is 22. The monoisotopic (exact) mass is 1390 g/mol. The highest BCUT2D eigenvalue weighted by Gasteiger charge is 2.38. The molecule has 6 heterocycles. The van der Waals surface area contributed by atoms with E-state index in [1.54, 1.807) is 0 Å². The lowest BCUT2D eigenvalue weighted by atomic mass is 10.0. The number of nitrogens with one attached hydrogen (secondary N) is 6. The van der Waals surface area contributed by atoms with Crippen LogP contribution in [0, 0.1) is 0 Å². The largest absolute Gasteiger partial charge is 0.444 e. The van der Waals surface area contributed by atoms with Crippen LogP contribution in [0.25, 0.3) is 22.3 Å². The highest BCUT2D eigenvalue weighted by Crippen LogP contribution is 2.38. The number of piperazine rings is 4. The topological polar surface area (TPSA) is 240 Å². The highest BCUT2D eigenvalue weighted by molar-refractivity contribution is 6.08. The van der Waals surface area contributed by atoms with E-state index >= 15 is 0 Å². The predicted octanol–water partition coefficient (Wildman–Crippen LogP) is 9.66. The minimum Gasteiger partial charge on any atom is -0.444 e. The van der Waals surface area contributed by atoms with Crippen molar-refractivity contribution in [2.24, 2.45) is 5.73 Å². The lowest BCUT2D eigenvalue weighted by molar-refractivity contribution is -0.138. The summed E-state index contributed by atoms with van der Waals surface area (Å²) in [5, 5.41) is 11.5. The SMILES string of the molecule is CC(C)(C)OC(=O)NCCCCC=O.CN1CCN(c2ccc(-c3cccc(CN4CCN(CCCCCN)CC4)c3)cc2NC(=O)c2c[nH]c(=O)cc2C(F)(F)F)CC1.CN1CCN(c2ccc(-c3cccc(CN4CCNCC4)c3)cc2NC(=O)c2c[nH]c(=O)cc2C(F)(F)F)CC1. The number of benzene rings is 4. The molecular weight excluding hydrogens is 1300 g/mol. The molecule has 21 nitrogen and oxygen atoms in total. The molecule has 0 radical (unpaired) electrons. The van der Waals surface area contributed by atoms with Crippen LogP contribution >= 0.6 is 0 Å². The van der Waals surface area contributed by atoms with Gasteiger partial charge in [0.1, 0.15) is 11.9 Å². The van der Waals surface area contributed by atoms with Crippen molar-refractivity contribution in [2.75, 3.05) is 159 Å². The molecule has 0 aliphatic carbocycles. The molecule has 8 N–H and O–H groups in total. The Morgan fingerprint density at radius 3 is 1.43 bits per heavy atom. The second kappa shape index (κ2) is 36.8. The molecular formula is C73H96F6N14O7. The average Bonchev–Trinajstić information content (AvgIpc) is 0.796. The average molecular weight is 1400 g/mol. The number of alkyl carbamates (subject to hydrolysis) is 1. The quantitative estimate of drug-likeness (QED) is 0.0190. The van der Waals surface area contributed by atoms with Crippen LogP contribution in [0.1, 0.15) is 102 Å². The second-order valence-electron chi connectivity index (χ2n) is 26.7. The van der Waals surface area contributed by atoms with Gasteiger partial charge in [-0.2, -0.15) is 26.3 Å². The highest BCUT2D eigenvalue weighted by atomic mass is 19.4. The van der Waals surface area contributed by atoms with E-state index in [4.69, 9.17) is 10.5 Å². The smallest absolute Gasteiger partial charge is 0.417 e. The first-order valence-electron chi connectivity index (χ1n) is 34.3. The van der Waals surface area contributed by atoms with Crippen LogP contribution in [0.2, 0.25) is 0 Å². The van der Waals surface area contributed by atoms with Gasteiger partial charge < -0.3 is 71.0 Å². The van der Waals surface area contributed by atoms with E-state index in [9.17, 15) is 55.1 Å². The molecule has 542 valence electrons. The number of carbonyl (C=O) groups excluding carboxylic acids is 4. The molecule has 10 rings (SSSR count). The van der Waals surface area contributed by atoms with Gasteiger partial charge in [0.25, 0.3) is 11.8 Å². The molecule has 4 fully saturated rings. The van der Waals surface area contributed by atoms with Crippen molar-refractivity contribution in [3.05, 3.63) is 164 Å². The number of nitrogens with two attached hydrogens (primary N) is 1. The van der Waals surface area contributed by atoms with Gasteiger partial charge in [-0.05, 0) is 143 Å². The van der Waals surface area contributed by atoms with Crippen LogP contribution in [0.3, 0.4) is 0 Å². The number of amides is 3. The zero-order valence-corrected chi connectivity index (χ0v) is 57.9. The molecule has 0 bridgehead atoms. The molecule has 4 aliphatic heterocycles. The summed E-state index contributed by atoms with van der Waals surface area (Å²) in [4.78, 5) is 91.4. The normalized spacial score (nSPS) is 16.2. The van der Waals surface area contributed by atoms with Crippen LogP contribution < -0.4 is 47.9 Å². The van der Waals surface area contributed by atoms with Gasteiger partial charge >= 0.3 is 18.4 Å². The third-order valence-electron chi connectivity index (χ3n) is 17.7. The van der Waals surface area contributed by atoms with Gasteiger partial charge in [-0.1, -0.05) is 55.0 Å². The van der Waals surface area contributed by atoms with Gasteiger partial charge in [-0.25, -0.2) is 4.79 Å². The molecule has 3 amide bonds. The standard InChI is InChI=1S/C34H44F3N7O2.C29H33F3N6O2.C10H19NO3/c1-41-12-18-44(19-13-41)31-9-8-27(21-30(31)40-33(46)28-23-39-32(45)22-29(28)34(35,36)37)26-7-5-6-25(20-26)24-43-16-14-42(15-17-43)11-4-2-3-10-38;1-36-11-13-38(14-12-36)26-6-5-22(21-4-2-3-20(15-21)19-37-9-7-33-8-10-37)16-25(26)35-28(40)23-18-34-27(39)17-24(23)29(30,31)32;1-10(2,3)14-9(13)11-7-5-4-6-8-12/h5-9,20-23H,2-4,10-19,24,38H2,1H3,(H,39,45)(H,40,46);2-6,15-18,33H,7-14,19H2,1H3,(H,34,39)(H,35,40);8H,4-7H2,1-3H3,(H,11,13). The number of alkyl halides is 6. The zero-order chi connectivity index (χ0) is 72.0. The van der Waals surface area contributed by atoms with Gasteiger partial charge in [0.15, 0.2) is 0 Å². The van der Waals surface area contributed by atoms with Crippen molar-refractivity contribution in [1.29, 1.82) is 0 Å². The summed E-state index contributed by atoms with van der Waals surface area (Å²) >= 11 is 0. The molecule has 100 heavy (non-hydrogen) atoms. The first-order chi connectivity index (χ1) is 47.7. The lowest BCUT2D eigenvalue weighted by Gasteiger charge is -2.35. The molecule has 6 aromatic rings. The van der Waals surface area contributed by atoms with Gasteiger partial charge in [0.05, 0.1) is 45.0 Å². The number of H-pyrrole nitrogens is 2. The third kappa shape index (κ3) is 23.9. The number of anilines is 4. The van der Waals surface area contributed by atoms with E-state index < -0.39 is 69.2 Å². The van der Waals surface area contributed by atoms with Crippen LogP contribution in [-0.2, 0) is 35.0 Å². The van der Waals surface area contributed by atoms with Gasteiger partial charge in [-0.3, -0.25) is 29.0 Å². The molecule has 4 aliphatic rings. The summed E-state index contributed by atoms with van der Waals surface area (Å²) in [5.41, 5.74) is 7.72. The summed E-state index contributed by atoms with van der Waals surface area (Å²) in [6.45, 7) is 23.6. The van der Waals surface area contributed by atoms with E-state index in [1.807, 2.05) is 95.5 Å². The lowest BCUT2D eigenvalue weighted by Crippen LogP contribution is -2.46. The molecule has 27 heteroatoms. The molecule has 2 aromatic heterocycles. The zero-order valence-electron chi connectivity index (χ0n) is 57.9. The van der Waals surface area contributed by atoms with Crippen molar-refractivity contribution < 1.29 is 50.3 Å². The Labute approximate surface area is 580 Å². The maximum Gasteiger partial charge on any atom is 0.417 e. The number of aldehydes is 1. The number of carbonyl (C=O) groups is 4. The summed E-state index contributed by atoms with van der Waals surface area (Å²) in [6, 6.07) is 28.7. The molecule has 4 saturated heterocycles. The number of unbranched alkanes of at least 4 members (excludes halogenated alkanes) is 4. The van der Waals surface area contributed by atoms with Crippen LogP contribution in [-0.4, -0.2) is 203 Å². The Hall–Kier alpha value is -8.44. The van der Waals surface area contributed by atoms with Crippen molar-refractivity contribution in [3.8, 4) is 22.3 Å². The molecule has 0 saturated carbocycles. The number of aromatic nitrogens is 2. The Bertz CT molecular complexity index is 3770. The van der Waals surface area contributed by atoms with Crippen LogP contribution in [0.15, 0.2) is 119 Å². The minimum absolute atomic E-state index is 0.399. The Morgan fingerprint density at radius 1 is 0.540 bits per heavy atom. The van der Waals surface area contributed by atoms with E-state index in [-0.39, 0.29) is 0 Å². The van der Waals surface area contributed by atoms with E-state index in [2.05, 4.69) is 89.8 Å². The van der Waals surface area contributed by atoms with E-state index in [0.717, 1.165) is 182 Å². The first-order valence-corrected chi connectivity index (χ1v) is 34.3. The number of likely N-dealkylation sites (N-methyl/N-ethyl adjacent to an activating group) is 2. The number of hydrogen-bond acceptors (Lipinski definition) is 16. The van der Waals surface area contributed by atoms with Gasteiger partial charge in [-0.15, -0.1) is 0 Å². The first kappa shape index (κ1) is 77.3. The maximum absolute atomic E-state index is 13.8. The Kier molecular flexibility index (Phi) is 28.4. The molecule has 0 unspecified atom stereocenters. The van der Waals surface area contributed by atoms with Crippen LogP contribution in [0.5, 0.6) is 0 Å². The fourth-order valence-corrected chi connectivity index (χ4v) is 12.2. The summed E-state index contributed by atoms with van der Waals surface area (Å²) < 4.78 is 87.3. The fraction of sp³-hybridized carbons (Fsp3) is 0.479. The molecule has 0 spiro atoms. The maximum atomic E-state index is 13.8. The summed E-state index contributed by atoms with van der Waals surface area (Å²) in [7, 11) is 4.07. The van der Waals surface area contributed by atoms with Crippen molar-refractivity contribution >= 4 is 46.9 Å². The number of hydrogen-bond donors (Lipinski definition) is 7. The number of ether oxygens (including phenoxy) is 1. The fourth-order valence-electron chi connectivity index (χ4n) is 12.2. The second-order valence-corrected chi connectivity index (χ2v) is 26.7.